The van der Waals surface area contributed by atoms with Gasteiger partial charge in [-0.05, 0) is 29.7 Å². The predicted octanol–water partition coefficient (Wildman–Crippen LogP) is 3.23. The Hall–Kier alpha value is -2.90. The van der Waals surface area contributed by atoms with Gasteiger partial charge in [-0.25, -0.2) is 9.97 Å². The van der Waals surface area contributed by atoms with E-state index in [-0.39, 0.29) is 0 Å². The zero-order chi connectivity index (χ0) is 21.8. The van der Waals surface area contributed by atoms with Crippen molar-refractivity contribution in [2.45, 2.75) is 25.4 Å². The lowest BCUT2D eigenvalue weighted by Gasteiger charge is -2.35. The van der Waals surface area contributed by atoms with Crippen molar-refractivity contribution in [1.29, 1.82) is 0 Å². The Bertz CT molecular complexity index is 1050. The Kier molecular flexibility index (Phi) is 6.36. The molecule has 0 saturated carbocycles. The first kappa shape index (κ1) is 21.0. The first-order valence-electron chi connectivity index (χ1n) is 11.5. The molecule has 1 aromatic heterocycles. The Morgan fingerprint density at radius 3 is 2.69 bits per heavy atom. The van der Waals surface area contributed by atoms with Gasteiger partial charge >= 0.3 is 0 Å². The molecule has 0 bridgehead atoms. The topological polar surface area (TPSA) is 62.8 Å². The summed E-state index contributed by atoms with van der Waals surface area (Å²) < 4.78 is 11.1. The number of benzene rings is 2. The number of anilines is 2. The summed E-state index contributed by atoms with van der Waals surface area (Å²) in [6, 6.07) is 15.2. The van der Waals surface area contributed by atoms with E-state index in [1.54, 1.807) is 13.4 Å². The summed E-state index contributed by atoms with van der Waals surface area (Å²) in [7, 11) is 1.75. The van der Waals surface area contributed by atoms with E-state index < -0.39 is 0 Å². The molecule has 3 heterocycles. The van der Waals surface area contributed by atoms with E-state index in [9.17, 15) is 0 Å². The van der Waals surface area contributed by atoms with Crippen LogP contribution in [0.4, 0.5) is 11.6 Å². The number of morpholine rings is 1. The van der Waals surface area contributed by atoms with E-state index in [2.05, 4.69) is 67.5 Å². The maximum Gasteiger partial charge on any atom is 0.134 e. The number of nitrogens with zero attached hydrogens (tertiary/aromatic N) is 4. The number of fused-ring (bicyclic) bond motifs is 1. The fourth-order valence-corrected chi connectivity index (χ4v) is 4.76. The molecule has 1 unspecified atom stereocenters. The Balaban J connectivity index is 1.28. The molecular formula is C25H31N5O2. The van der Waals surface area contributed by atoms with Crippen LogP contribution in [0.3, 0.4) is 0 Å². The monoisotopic (exact) mass is 433 g/mol. The highest BCUT2D eigenvalue weighted by Crippen LogP contribution is 2.28. The van der Waals surface area contributed by atoms with Gasteiger partial charge in [0.1, 0.15) is 23.7 Å². The fourth-order valence-electron chi connectivity index (χ4n) is 4.76. The molecule has 2 aromatic carbocycles. The van der Waals surface area contributed by atoms with Gasteiger partial charge in [0.05, 0.1) is 20.3 Å². The lowest BCUT2D eigenvalue weighted by atomic mass is 10.0. The molecule has 0 radical (unpaired) electrons. The number of nitrogens with one attached hydrogen (secondary N) is 1. The average molecular weight is 434 g/mol. The highest BCUT2D eigenvalue weighted by atomic mass is 16.5. The van der Waals surface area contributed by atoms with Crippen molar-refractivity contribution < 1.29 is 9.47 Å². The van der Waals surface area contributed by atoms with Crippen LogP contribution in [-0.2, 0) is 11.3 Å². The van der Waals surface area contributed by atoms with Crippen LogP contribution in [-0.4, -0.2) is 62.5 Å². The molecule has 0 amide bonds. The molecule has 7 nitrogen and oxygen atoms in total. The summed E-state index contributed by atoms with van der Waals surface area (Å²) in [6.45, 7) is 6.02. The second-order valence-electron chi connectivity index (χ2n) is 8.47. The molecule has 32 heavy (non-hydrogen) atoms. The quantitative estimate of drug-likeness (QED) is 0.640. The molecule has 2 aliphatic heterocycles. The normalized spacial score (nSPS) is 19.3. The largest absolute Gasteiger partial charge is 0.496 e. The maximum atomic E-state index is 5.67. The smallest absolute Gasteiger partial charge is 0.134 e. The second kappa shape index (κ2) is 9.71. The average Bonchev–Trinajstić information content (AvgIpc) is 2.88. The van der Waals surface area contributed by atoms with Gasteiger partial charge in [-0.15, -0.1) is 0 Å². The molecule has 1 N–H and O–H groups in total. The Morgan fingerprint density at radius 2 is 1.84 bits per heavy atom. The van der Waals surface area contributed by atoms with Crippen LogP contribution in [0.2, 0.25) is 0 Å². The highest BCUT2D eigenvalue weighted by molar-refractivity contribution is 5.87. The standard InChI is InChI=1S/C25H31N5O2/c1-31-23-9-8-19-5-2-3-7-21(19)22(23)16-26-20-6-4-10-30(17-20)25-15-24(27-18-28-25)29-11-13-32-14-12-29/h2-3,5,7-9,15,18,20,26H,4,6,10-14,16-17H2,1H3. The molecule has 2 fully saturated rings. The first-order valence-corrected chi connectivity index (χ1v) is 11.5. The maximum absolute atomic E-state index is 5.67. The molecule has 0 spiro atoms. The van der Waals surface area contributed by atoms with E-state index in [1.807, 2.05) is 0 Å². The first-order chi connectivity index (χ1) is 15.8. The van der Waals surface area contributed by atoms with Gasteiger partial charge in [0.25, 0.3) is 0 Å². The van der Waals surface area contributed by atoms with E-state index in [0.717, 1.165) is 76.2 Å². The second-order valence-corrected chi connectivity index (χ2v) is 8.47. The molecule has 168 valence electrons. The number of hydrogen-bond donors (Lipinski definition) is 1. The van der Waals surface area contributed by atoms with Gasteiger partial charge in [0.2, 0.25) is 0 Å². The third-order valence-corrected chi connectivity index (χ3v) is 6.50. The number of rotatable bonds is 6. The van der Waals surface area contributed by atoms with E-state index in [0.29, 0.717) is 6.04 Å². The molecule has 3 aromatic rings. The summed E-state index contributed by atoms with van der Waals surface area (Å²) >= 11 is 0. The number of hydrogen-bond acceptors (Lipinski definition) is 7. The Morgan fingerprint density at radius 1 is 1.03 bits per heavy atom. The summed E-state index contributed by atoms with van der Waals surface area (Å²) in [5.41, 5.74) is 1.22. The van der Waals surface area contributed by atoms with Gasteiger partial charge in [0, 0.05) is 50.4 Å². The van der Waals surface area contributed by atoms with Crippen LogP contribution < -0.4 is 19.9 Å². The van der Waals surface area contributed by atoms with Gasteiger partial charge in [0.15, 0.2) is 0 Å². The van der Waals surface area contributed by atoms with Crippen LogP contribution in [0.1, 0.15) is 18.4 Å². The van der Waals surface area contributed by atoms with Crippen molar-refractivity contribution >= 4 is 22.4 Å². The van der Waals surface area contributed by atoms with Gasteiger partial charge < -0.3 is 24.6 Å². The third kappa shape index (κ3) is 4.49. The predicted molar refractivity (Wildman–Crippen MR) is 128 cm³/mol. The van der Waals surface area contributed by atoms with Crippen molar-refractivity contribution in [3.05, 3.63) is 54.4 Å². The SMILES string of the molecule is COc1ccc2ccccc2c1CNC1CCCN(c2cc(N3CCOCC3)ncn2)C1. The van der Waals surface area contributed by atoms with Crippen LogP contribution in [0.15, 0.2) is 48.8 Å². The molecule has 1 atom stereocenters. The van der Waals surface area contributed by atoms with Crippen molar-refractivity contribution in [2.24, 2.45) is 0 Å². The number of methoxy groups -OCH3 is 1. The van der Waals surface area contributed by atoms with Crippen LogP contribution in [0.5, 0.6) is 5.75 Å². The van der Waals surface area contributed by atoms with E-state index >= 15 is 0 Å². The van der Waals surface area contributed by atoms with Crippen LogP contribution in [0, 0.1) is 0 Å². The van der Waals surface area contributed by atoms with E-state index in [4.69, 9.17) is 9.47 Å². The highest BCUT2D eigenvalue weighted by Gasteiger charge is 2.22. The van der Waals surface area contributed by atoms with E-state index in [1.165, 1.54) is 16.3 Å². The van der Waals surface area contributed by atoms with Gasteiger partial charge in [-0.2, -0.15) is 0 Å². The molecule has 2 saturated heterocycles. The fraction of sp³-hybridized carbons (Fsp3) is 0.440. The molecular weight excluding hydrogens is 402 g/mol. The Labute approximate surface area is 189 Å². The van der Waals surface area contributed by atoms with Gasteiger partial charge in [-0.1, -0.05) is 30.3 Å². The molecule has 5 rings (SSSR count). The summed E-state index contributed by atoms with van der Waals surface area (Å²) in [6.07, 6.45) is 3.99. The lowest BCUT2D eigenvalue weighted by molar-refractivity contribution is 0.122. The van der Waals surface area contributed by atoms with Crippen molar-refractivity contribution in [3.63, 3.8) is 0 Å². The molecule has 0 aliphatic carbocycles. The minimum absolute atomic E-state index is 0.397. The van der Waals surface area contributed by atoms with Crippen molar-refractivity contribution in [1.82, 2.24) is 15.3 Å². The third-order valence-electron chi connectivity index (χ3n) is 6.50. The molecule has 7 heteroatoms. The zero-order valence-corrected chi connectivity index (χ0v) is 18.7. The number of ether oxygens (including phenoxy) is 2. The lowest BCUT2D eigenvalue weighted by Crippen LogP contribution is -2.46. The zero-order valence-electron chi connectivity index (χ0n) is 18.7. The number of aromatic nitrogens is 2. The minimum Gasteiger partial charge on any atom is -0.496 e. The van der Waals surface area contributed by atoms with Gasteiger partial charge in [-0.3, -0.25) is 0 Å². The summed E-state index contributed by atoms with van der Waals surface area (Å²) in [5, 5.41) is 6.28. The summed E-state index contributed by atoms with van der Waals surface area (Å²) in [4.78, 5) is 13.8. The summed E-state index contributed by atoms with van der Waals surface area (Å²) in [5.74, 6) is 2.94. The van der Waals surface area contributed by atoms with Crippen molar-refractivity contribution in [2.75, 3.05) is 56.3 Å². The minimum atomic E-state index is 0.397. The van der Waals surface area contributed by atoms with Crippen molar-refractivity contribution in [3.8, 4) is 5.75 Å². The number of piperidine rings is 1. The molecule has 2 aliphatic rings. The van der Waals surface area contributed by atoms with Crippen LogP contribution in [0.25, 0.3) is 10.8 Å². The van der Waals surface area contributed by atoms with Crippen LogP contribution >= 0.6 is 0 Å².